The molecular formula is C12H20F3N3O. The minimum absolute atomic E-state index is 0.0364. The van der Waals surface area contributed by atoms with E-state index >= 15 is 0 Å². The standard InChI is InChI=1S/C12H20F3N3O/c1-9-6-17-18(7-9)11(3)10(2)16-4-5-19-8-12(13,14)15/h6-7,10-11,16H,4-5,8H2,1-3H3/t10-,11+/m0/s1. The Hall–Kier alpha value is -1.08. The van der Waals surface area contributed by atoms with Crippen molar-refractivity contribution in [1.29, 1.82) is 0 Å². The molecule has 1 N–H and O–H groups in total. The number of nitrogens with one attached hydrogen (secondary N) is 1. The van der Waals surface area contributed by atoms with Gasteiger partial charge < -0.3 is 10.1 Å². The summed E-state index contributed by atoms with van der Waals surface area (Å²) in [6, 6.07) is 0.213. The van der Waals surface area contributed by atoms with Crippen molar-refractivity contribution in [2.45, 2.75) is 39.0 Å². The van der Waals surface area contributed by atoms with Crippen LogP contribution in [0.1, 0.15) is 25.5 Å². The van der Waals surface area contributed by atoms with Crippen LogP contribution < -0.4 is 5.32 Å². The minimum Gasteiger partial charge on any atom is -0.371 e. The third-order valence-corrected chi connectivity index (χ3v) is 2.85. The van der Waals surface area contributed by atoms with Gasteiger partial charge in [0.15, 0.2) is 0 Å². The van der Waals surface area contributed by atoms with Crippen LogP contribution in [-0.2, 0) is 4.74 Å². The van der Waals surface area contributed by atoms with E-state index in [0.717, 1.165) is 5.56 Å². The number of nitrogens with zero attached hydrogens (tertiary/aromatic N) is 2. The summed E-state index contributed by atoms with van der Waals surface area (Å²) in [4.78, 5) is 0. The Morgan fingerprint density at radius 3 is 2.63 bits per heavy atom. The predicted molar refractivity (Wildman–Crippen MR) is 66.0 cm³/mol. The van der Waals surface area contributed by atoms with Gasteiger partial charge in [-0.2, -0.15) is 18.3 Å². The molecule has 0 aliphatic carbocycles. The number of aromatic nitrogens is 2. The second-order valence-corrected chi connectivity index (χ2v) is 4.65. The molecular weight excluding hydrogens is 259 g/mol. The first kappa shape index (κ1) is 16.0. The molecule has 1 aromatic heterocycles. The van der Waals surface area contributed by atoms with Crippen LogP contribution in [0.5, 0.6) is 0 Å². The highest BCUT2D eigenvalue weighted by Crippen LogP contribution is 2.14. The van der Waals surface area contributed by atoms with Crippen LogP contribution in [0.25, 0.3) is 0 Å². The first-order valence-electron chi connectivity index (χ1n) is 6.18. The normalized spacial score (nSPS) is 15.5. The third kappa shape index (κ3) is 6.07. The van der Waals surface area contributed by atoms with Gasteiger partial charge in [0.1, 0.15) is 6.61 Å². The SMILES string of the molecule is Cc1cnn([C@H](C)[C@H](C)NCCOCC(F)(F)F)c1. The molecule has 1 aromatic rings. The number of aryl methyl sites for hydroxylation is 1. The Bertz CT molecular complexity index is 379. The quantitative estimate of drug-likeness (QED) is 0.778. The predicted octanol–water partition coefficient (Wildman–Crippen LogP) is 2.31. The molecule has 0 unspecified atom stereocenters. The Morgan fingerprint density at radius 1 is 1.42 bits per heavy atom. The van der Waals surface area contributed by atoms with E-state index in [2.05, 4.69) is 15.2 Å². The smallest absolute Gasteiger partial charge is 0.371 e. The number of rotatable bonds is 7. The van der Waals surface area contributed by atoms with E-state index in [-0.39, 0.29) is 18.7 Å². The molecule has 0 spiro atoms. The average Bonchev–Trinajstić information content (AvgIpc) is 2.72. The lowest BCUT2D eigenvalue weighted by atomic mass is 10.2. The van der Waals surface area contributed by atoms with Crippen molar-refractivity contribution in [1.82, 2.24) is 15.1 Å². The second kappa shape index (κ2) is 6.91. The highest BCUT2D eigenvalue weighted by Gasteiger charge is 2.27. The van der Waals surface area contributed by atoms with Crippen LogP contribution in [0.15, 0.2) is 12.4 Å². The Balaban J connectivity index is 2.22. The van der Waals surface area contributed by atoms with E-state index in [4.69, 9.17) is 0 Å². The number of ether oxygens (including phenoxy) is 1. The van der Waals surface area contributed by atoms with Crippen molar-refractivity contribution < 1.29 is 17.9 Å². The summed E-state index contributed by atoms with van der Waals surface area (Å²) in [6.07, 6.45) is -0.551. The fourth-order valence-electron chi connectivity index (χ4n) is 1.60. The maximum Gasteiger partial charge on any atom is 0.411 e. The topological polar surface area (TPSA) is 39.1 Å². The molecule has 0 saturated carbocycles. The maximum absolute atomic E-state index is 11.8. The molecule has 1 rings (SSSR count). The lowest BCUT2D eigenvalue weighted by Gasteiger charge is -2.21. The van der Waals surface area contributed by atoms with Gasteiger partial charge in [0, 0.05) is 18.8 Å². The summed E-state index contributed by atoms with van der Waals surface area (Å²) in [7, 11) is 0. The molecule has 2 atom stereocenters. The van der Waals surface area contributed by atoms with Gasteiger partial charge in [0.25, 0.3) is 0 Å². The van der Waals surface area contributed by atoms with Crippen LogP contribution in [-0.4, -0.2) is 41.8 Å². The summed E-state index contributed by atoms with van der Waals surface area (Å²) < 4.78 is 41.9. The fourth-order valence-corrected chi connectivity index (χ4v) is 1.60. The molecule has 7 heteroatoms. The van der Waals surface area contributed by atoms with Gasteiger partial charge in [-0.05, 0) is 26.3 Å². The molecule has 0 saturated heterocycles. The van der Waals surface area contributed by atoms with E-state index < -0.39 is 12.8 Å². The fraction of sp³-hybridized carbons (Fsp3) is 0.750. The number of alkyl halides is 3. The molecule has 0 aliphatic heterocycles. The molecule has 1 heterocycles. The molecule has 0 aromatic carbocycles. The van der Waals surface area contributed by atoms with Crippen molar-refractivity contribution in [2.24, 2.45) is 0 Å². The van der Waals surface area contributed by atoms with Gasteiger partial charge in [-0.3, -0.25) is 4.68 Å². The van der Waals surface area contributed by atoms with Crippen LogP contribution >= 0.6 is 0 Å². The third-order valence-electron chi connectivity index (χ3n) is 2.85. The summed E-state index contributed by atoms with van der Waals surface area (Å²) >= 11 is 0. The number of hydrogen-bond donors (Lipinski definition) is 1. The largest absolute Gasteiger partial charge is 0.411 e. The van der Waals surface area contributed by atoms with E-state index in [0.29, 0.717) is 6.54 Å². The lowest BCUT2D eigenvalue weighted by Crippen LogP contribution is -2.36. The zero-order chi connectivity index (χ0) is 14.5. The van der Waals surface area contributed by atoms with Gasteiger partial charge in [-0.15, -0.1) is 0 Å². The van der Waals surface area contributed by atoms with Crippen molar-refractivity contribution >= 4 is 0 Å². The van der Waals surface area contributed by atoms with Gasteiger partial charge in [0.05, 0.1) is 18.8 Å². The average molecular weight is 279 g/mol. The Morgan fingerprint density at radius 2 is 2.11 bits per heavy atom. The molecule has 110 valence electrons. The van der Waals surface area contributed by atoms with Crippen LogP contribution in [0.2, 0.25) is 0 Å². The Kier molecular flexibility index (Phi) is 5.81. The maximum atomic E-state index is 11.8. The van der Waals surface area contributed by atoms with Crippen molar-refractivity contribution in [3.8, 4) is 0 Å². The number of halogens is 3. The van der Waals surface area contributed by atoms with Gasteiger partial charge >= 0.3 is 6.18 Å². The molecule has 4 nitrogen and oxygen atoms in total. The van der Waals surface area contributed by atoms with E-state index in [9.17, 15) is 13.2 Å². The van der Waals surface area contributed by atoms with Crippen molar-refractivity contribution in [3.63, 3.8) is 0 Å². The Labute approximate surface area is 110 Å². The van der Waals surface area contributed by atoms with Crippen LogP contribution in [0.4, 0.5) is 13.2 Å². The van der Waals surface area contributed by atoms with Crippen molar-refractivity contribution in [2.75, 3.05) is 19.8 Å². The number of hydrogen-bond acceptors (Lipinski definition) is 3. The first-order chi connectivity index (χ1) is 8.79. The highest BCUT2D eigenvalue weighted by molar-refractivity contribution is 5.00. The molecule has 0 amide bonds. The zero-order valence-corrected chi connectivity index (χ0v) is 11.4. The molecule has 0 bridgehead atoms. The minimum atomic E-state index is -4.26. The molecule has 0 fully saturated rings. The van der Waals surface area contributed by atoms with E-state index in [1.165, 1.54) is 0 Å². The van der Waals surface area contributed by atoms with Crippen molar-refractivity contribution in [3.05, 3.63) is 18.0 Å². The van der Waals surface area contributed by atoms with Crippen LogP contribution in [0.3, 0.4) is 0 Å². The summed E-state index contributed by atoms with van der Waals surface area (Å²) in [6.45, 7) is 5.14. The summed E-state index contributed by atoms with van der Waals surface area (Å²) in [5, 5.41) is 7.33. The zero-order valence-electron chi connectivity index (χ0n) is 11.4. The van der Waals surface area contributed by atoms with E-state index in [1.54, 1.807) is 6.20 Å². The highest BCUT2D eigenvalue weighted by atomic mass is 19.4. The van der Waals surface area contributed by atoms with E-state index in [1.807, 2.05) is 31.6 Å². The summed E-state index contributed by atoms with van der Waals surface area (Å²) in [5.41, 5.74) is 1.08. The van der Waals surface area contributed by atoms with Gasteiger partial charge in [-0.25, -0.2) is 0 Å². The molecule has 0 aliphatic rings. The lowest BCUT2D eigenvalue weighted by molar-refractivity contribution is -0.173. The summed E-state index contributed by atoms with van der Waals surface area (Å²) in [5.74, 6) is 0. The van der Waals surface area contributed by atoms with Gasteiger partial charge in [-0.1, -0.05) is 0 Å². The molecule has 0 radical (unpaired) electrons. The second-order valence-electron chi connectivity index (χ2n) is 4.65. The molecule has 19 heavy (non-hydrogen) atoms. The monoisotopic (exact) mass is 279 g/mol. The first-order valence-corrected chi connectivity index (χ1v) is 6.18. The van der Waals surface area contributed by atoms with Gasteiger partial charge in [0.2, 0.25) is 0 Å². The van der Waals surface area contributed by atoms with Crippen LogP contribution in [0, 0.1) is 6.92 Å².